The van der Waals surface area contributed by atoms with E-state index in [1.54, 1.807) is 18.3 Å². The first-order chi connectivity index (χ1) is 11.5. The van der Waals surface area contributed by atoms with Crippen LogP contribution in [0.1, 0.15) is 24.6 Å². The van der Waals surface area contributed by atoms with Gasteiger partial charge in [0, 0.05) is 11.3 Å². The van der Waals surface area contributed by atoms with Crippen LogP contribution in [0.5, 0.6) is 5.75 Å². The van der Waals surface area contributed by atoms with Gasteiger partial charge in [0.2, 0.25) is 5.91 Å². The number of hydrogen-bond acceptors (Lipinski definition) is 4. The molecule has 2 aromatic rings. The molecule has 0 unspecified atom stereocenters. The lowest BCUT2D eigenvalue weighted by Gasteiger charge is -2.15. The summed E-state index contributed by atoms with van der Waals surface area (Å²) in [6.45, 7) is 1.54. The minimum absolute atomic E-state index is 0.256. The second kappa shape index (κ2) is 9.02. The Morgan fingerprint density at radius 1 is 1.21 bits per heavy atom. The van der Waals surface area contributed by atoms with Crippen LogP contribution in [-0.4, -0.2) is 17.9 Å². The Labute approximate surface area is 143 Å². The molecule has 1 aromatic carbocycles. The number of halogens is 1. The Balaban J connectivity index is 1.65. The minimum Gasteiger partial charge on any atom is -0.481 e. The van der Waals surface area contributed by atoms with Crippen LogP contribution >= 0.6 is 11.3 Å². The molecule has 0 radical (unpaired) electrons. The zero-order valence-electron chi connectivity index (χ0n) is 13.3. The van der Waals surface area contributed by atoms with E-state index in [0.717, 1.165) is 6.42 Å². The summed E-state index contributed by atoms with van der Waals surface area (Å²) in [6, 6.07) is 9.36. The number of benzene rings is 1. The number of ether oxygens (including phenoxy) is 1. The number of nitrogens with one attached hydrogen (secondary N) is 2. The third kappa shape index (κ3) is 6.00. The zero-order valence-corrected chi connectivity index (χ0v) is 14.1. The van der Waals surface area contributed by atoms with Gasteiger partial charge in [0.25, 0.3) is 5.91 Å². The highest BCUT2D eigenvalue weighted by molar-refractivity contribution is 7.09. The maximum absolute atomic E-state index is 12.8. The highest BCUT2D eigenvalue weighted by Gasteiger charge is 2.15. The normalized spacial score (nSPS) is 11.6. The van der Waals surface area contributed by atoms with Gasteiger partial charge in [0.05, 0.1) is 0 Å². The topological polar surface area (TPSA) is 67.4 Å². The predicted molar refractivity (Wildman–Crippen MR) is 90.0 cm³/mol. The maximum atomic E-state index is 12.8. The summed E-state index contributed by atoms with van der Waals surface area (Å²) in [5.74, 6) is -0.740. The van der Waals surface area contributed by atoms with Crippen molar-refractivity contribution in [1.82, 2.24) is 10.9 Å². The summed E-state index contributed by atoms with van der Waals surface area (Å²) in [6.07, 6.45) is 1.06. The Hall–Kier alpha value is -2.41. The van der Waals surface area contributed by atoms with Crippen molar-refractivity contribution in [2.75, 3.05) is 0 Å². The first-order valence-electron chi connectivity index (χ1n) is 7.58. The third-order valence-corrected chi connectivity index (χ3v) is 4.16. The van der Waals surface area contributed by atoms with E-state index in [4.69, 9.17) is 4.74 Å². The number of carbonyl (C=O) groups excluding carboxylic acids is 2. The molecule has 2 N–H and O–H groups in total. The highest BCUT2D eigenvalue weighted by atomic mass is 32.1. The van der Waals surface area contributed by atoms with Gasteiger partial charge in [-0.25, -0.2) is 4.39 Å². The van der Waals surface area contributed by atoms with Gasteiger partial charge < -0.3 is 4.74 Å². The van der Waals surface area contributed by atoms with E-state index in [2.05, 4.69) is 10.9 Å². The van der Waals surface area contributed by atoms with E-state index in [9.17, 15) is 14.0 Å². The van der Waals surface area contributed by atoms with E-state index >= 15 is 0 Å². The van der Waals surface area contributed by atoms with Crippen LogP contribution in [-0.2, 0) is 16.0 Å². The average Bonchev–Trinajstić information content (AvgIpc) is 3.08. The second-order valence-corrected chi connectivity index (χ2v) is 6.22. The first-order valence-corrected chi connectivity index (χ1v) is 8.46. The van der Waals surface area contributed by atoms with Crippen molar-refractivity contribution < 1.29 is 18.7 Å². The van der Waals surface area contributed by atoms with E-state index in [1.807, 2.05) is 17.5 Å². The summed E-state index contributed by atoms with van der Waals surface area (Å²) in [5, 5.41) is 2.00. The van der Waals surface area contributed by atoms with Gasteiger partial charge in [0.15, 0.2) is 6.10 Å². The van der Waals surface area contributed by atoms with Crippen molar-refractivity contribution >= 4 is 23.2 Å². The van der Waals surface area contributed by atoms with Crippen LogP contribution in [0.25, 0.3) is 0 Å². The van der Waals surface area contributed by atoms with Crippen molar-refractivity contribution in [2.45, 2.75) is 32.3 Å². The van der Waals surface area contributed by atoms with Crippen LogP contribution in [0.3, 0.4) is 0 Å². The van der Waals surface area contributed by atoms with Crippen LogP contribution < -0.4 is 15.6 Å². The second-order valence-electron chi connectivity index (χ2n) is 5.18. The Kier molecular flexibility index (Phi) is 6.74. The van der Waals surface area contributed by atoms with Gasteiger partial charge in [-0.15, -0.1) is 11.3 Å². The molecule has 0 saturated carbocycles. The number of thiophene rings is 1. The summed E-state index contributed by atoms with van der Waals surface area (Å²) >= 11 is 1.66. The smallest absolute Gasteiger partial charge is 0.279 e. The summed E-state index contributed by atoms with van der Waals surface area (Å²) in [4.78, 5) is 24.8. The number of hydrazine groups is 1. The Morgan fingerprint density at radius 2 is 1.96 bits per heavy atom. The standard InChI is InChI=1S/C17H19FN2O3S/c1-12(23-14-9-7-13(18)8-10-14)17(22)20-19-16(21)6-2-4-15-5-3-11-24-15/h3,5,7-12H,2,4,6H2,1H3,(H,19,21)(H,20,22)/t12-/m0/s1. The average molecular weight is 350 g/mol. The van der Waals surface area contributed by atoms with Crippen molar-refractivity contribution in [2.24, 2.45) is 0 Å². The zero-order chi connectivity index (χ0) is 17.4. The van der Waals surface area contributed by atoms with Gasteiger partial charge in [-0.1, -0.05) is 6.07 Å². The third-order valence-electron chi connectivity index (χ3n) is 3.23. The highest BCUT2D eigenvalue weighted by Crippen LogP contribution is 2.13. The monoisotopic (exact) mass is 350 g/mol. The molecule has 0 fully saturated rings. The Bertz CT molecular complexity index is 659. The van der Waals surface area contributed by atoms with Crippen molar-refractivity contribution in [3.8, 4) is 5.75 Å². The summed E-state index contributed by atoms with van der Waals surface area (Å²) in [7, 11) is 0. The molecule has 128 valence electrons. The molecule has 0 saturated heterocycles. The van der Waals surface area contributed by atoms with Gasteiger partial charge in [-0.3, -0.25) is 20.4 Å². The molecule has 1 atom stereocenters. The molecule has 5 nitrogen and oxygen atoms in total. The fourth-order valence-electron chi connectivity index (χ4n) is 1.94. The van der Waals surface area contributed by atoms with Gasteiger partial charge in [-0.2, -0.15) is 0 Å². The molecule has 0 aliphatic carbocycles. The largest absolute Gasteiger partial charge is 0.481 e. The van der Waals surface area contributed by atoms with Gasteiger partial charge in [-0.05, 0) is 55.5 Å². The Morgan fingerprint density at radius 3 is 2.62 bits per heavy atom. The SMILES string of the molecule is C[C@H](Oc1ccc(F)cc1)C(=O)NNC(=O)CCCc1cccs1. The lowest BCUT2D eigenvalue weighted by atomic mass is 10.2. The van der Waals surface area contributed by atoms with Crippen LogP contribution in [0.15, 0.2) is 41.8 Å². The fourth-order valence-corrected chi connectivity index (χ4v) is 2.70. The molecular formula is C17H19FN2O3S. The van der Waals surface area contributed by atoms with E-state index in [-0.39, 0.29) is 11.7 Å². The number of amides is 2. The molecule has 0 aliphatic rings. The van der Waals surface area contributed by atoms with Gasteiger partial charge >= 0.3 is 0 Å². The first kappa shape index (κ1) is 17.9. The minimum atomic E-state index is -0.818. The summed E-state index contributed by atoms with van der Waals surface area (Å²) in [5.41, 5.74) is 4.69. The molecular weight excluding hydrogens is 331 g/mol. The maximum Gasteiger partial charge on any atom is 0.279 e. The molecule has 1 aromatic heterocycles. The number of aryl methyl sites for hydroxylation is 1. The molecule has 0 spiro atoms. The van der Waals surface area contributed by atoms with E-state index < -0.39 is 12.0 Å². The fraction of sp³-hybridized carbons (Fsp3) is 0.294. The molecule has 0 aliphatic heterocycles. The number of rotatable bonds is 7. The van der Waals surface area contributed by atoms with E-state index in [0.29, 0.717) is 18.6 Å². The number of carbonyl (C=O) groups is 2. The van der Waals surface area contributed by atoms with Crippen LogP contribution in [0.4, 0.5) is 4.39 Å². The van der Waals surface area contributed by atoms with Crippen molar-refractivity contribution in [3.05, 3.63) is 52.5 Å². The molecule has 2 rings (SSSR count). The lowest BCUT2D eigenvalue weighted by molar-refractivity contribution is -0.132. The van der Waals surface area contributed by atoms with Gasteiger partial charge in [0.1, 0.15) is 11.6 Å². The molecule has 0 bridgehead atoms. The van der Waals surface area contributed by atoms with Crippen molar-refractivity contribution in [1.29, 1.82) is 0 Å². The van der Waals surface area contributed by atoms with Crippen LogP contribution in [0, 0.1) is 5.82 Å². The molecule has 7 heteroatoms. The number of hydrogen-bond donors (Lipinski definition) is 2. The van der Waals surface area contributed by atoms with E-state index in [1.165, 1.54) is 29.1 Å². The lowest BCUT2D eigenvalue weighted by Crippen LogP contribution is -2.47. The summed E-state index contributed by atoms with van der Waals surface area (Å²) < 4.78 is 18.2. The van der Waals surface area contributed by atoms with Crippen LogP contribution in [0.2, 0.25) is 0 Å². The molecule has 1 heterocycles. The van der Waals surface area contributed by atoms with Crippen molar-refractivity contribution in [3.63, 3.8) is 0 Å². The quantitative estimate of drug-likeness (QED) is 0.755. The predicted octanol–water partition coefficient (Wildman–Crippen LogP) is 2.82. The molecule has 24 heavy (non-hydrogen) atoms. The molecule has 2 amide bonds.